The Morgan fingerprint density at radius 3 is 2.48 bits per heavy atom. The lowest BCUT2D eigenvalue weighted by Gasteiger charge is -2.25. The van der Waals surface area contributed by atoms with E-state index in [1.54, 1.807) is 49.5 Å². The van der Waals surface area contributed by atoms with Gasteiger partial charge in [0, 0.05) is 24.8 Å². The van der Waals surface area contributed by atoms with Crippen LogP contribution in [0.4, 0.5) is 11.4 Å². The van der Waals surface area contributed by atoms with E-state index in [0.717, 1.165) is 11.1 Å². The third kappa shape index (κ3) is 4.97. The Hall–Kier alpha value is -3.49. The van der Waals surface area contributed by atoms with Crippen molar-refractivity contribution in [1.82, 2.24) is 4.72 Å². The molecule has 0 aromatic heterocycles. The molecule has 0 unspecified atom stereocenters. The van der Waals surface area contributed by atoms with Crippen molar-refractivity contribution in [3.63, 3.8) is 0 Å². The van der Waals surface area contributed by atoms with Gasteiger partial charge in [-0.25, -0.2) is 8.42 Å². The smallest absolute Gasteiger partial charge is 0.249 e. The van der Waals surface area contributed by atoms with E-state index >= 15 is 0 Å². The normalized spacial score (nSPS) is 14.2. The fraction of sp³-hybridized carbons (Fsp3) is 0.200. The zero-order chi connectivity index (χ0) is 23.6. The summed E-state index contributed by atoms with van der Waals surface area (Å²) in [5, 5.41) is 2.75. The number of hydrogen-bond donors (Lipinski definition) is 2. The predicted molar refractivity (Wildman–Crippen MR) is 127 cm³/mol. The summed E-state index contributed by atoms with van der Waals surface area (Å²) in [4.78, 5) is 26.6. The molecule has 7 nitrogen and oxygen atoms in total. The number of hydrogen-bond acceptors (Lipinski definition) is 4. The standard InChI is InChI=1S/C25H25N3O4S/c1-17-7-6-10-20(15-17)28(2)25(30)24(18-8-4-3-5-9-18)27-33(31,32)21-12-13-22-19(16-21)11-14-23(29)26-22/h3-10,12-13,15-16,24,27H,11,14H2,1-2H3,(H,26,29)/t24-/m0/s1. The van der Waals surface area contributed by atoms with Gasteiger partial charge in [-0.15, -0.1) is 0 Å². The molecule has 1 aliphatic heterocycles. The summed E-state index contributed by atoms with van der Waals surface area (Å²) in [5.74, 6) is -0.495. The second-order valence-electron chi connectivity index (χ2n) is 8.07. The molecule has 0 radical (unpaired) electrons. The zero-order valence-corrected chi connectivity index (χ0v) is 19.2. The predicted octanol–water partition coefficient (Wildman–Crippen LogP) is 3.56. The van der Waals surface area contributed by atoms with Crippen LogP contribution in [-0.4, -0.2) is 27.3 Å². The summed E-state index contributed by atoms with van der Waals surface area (Å²) in [6.07, 6.45) is 0.762. The van der Waals surface area contributed by atoms with Crippen LogP contribution in [0, 0.1) is 6.92 Å². The number of nitrogens with zero attached hydrogens (tertiary/aromatic N) is 1. The van der Waals surface area contributed by atoms with Gasteiger partial charge in [-0.3, -0.25) is 9.59 Å². The summed E-state index contributed by atoms with van der Waals surface area (Å²) in [5.41, 5.74) is 3.56. The molecule has 0 saturated heterocycles. The molecule has 0 bridgehead atoms. The Morgan fingerprint density at radius 2 is 1.76 bits per heavy atom. The van der Waals surface area contributed by atoms with Crippen LogP contribution in [0.2, 0.25) is 0 Å². The highest BCUT2D eigenvalue weighted by molar-refractivity contribution is 7.89. The minimum absolute atomic E-state index is 0.0457. The fourth-order valence-corrected chi connectivity index (χ4v) is 5.04. The minimum atomic E-state index is -4.03. The molecule has 33 heavy (non-hydrogen) atoms. The summed E-state index contributed by atoms with van der Waals surface area (Å²) in [7, 11) is -2.41. The van der Waals surface area contributed by atoms with Crippen LogP contribution in [0.3, 0.4) is 0 Å². The van der Waals surface area contributed by atoms with E-state index in [2.05, 4.69) is 10.0 Å². The third-order valence-corrected chi connectivity index (χ3v) is 7.08. The molecule has 0 fully saturated rings. The van der Waals surface area contributed by atoms with Crippen molar-refractivity contribution in [2.75, 3.05) is 17.3 Å². The van der Waals surface area contributed by atoms with E-state index in [9.17, 15) is 18.0 Å². The lowest BCUT2D eigenvalue weighted by Crippen LogP contribution is -2.41. The van der Waals surface area contributed by atoms with Crippen LogP contribution in [0.15, 0.2) is 77.7 Å². The lowest BCUT2D eigenvalue weighted by molar-refractivity contribution is -0.120. The molecule has 1 atom stereocenters. The van der Waals surface area contributed by atoms with Gasteiger partial charge in [-0.2, -0.15) is 4.72 Å². The first-order valence-corrected chi connectivity index (χ1v) is 12.1. The van der Waals surface area contributed by atoms with Gasteiger partial charge in [-0.1, -0.05) is 42.5 Å². The van der Waals surface area contributed by atoms with Crippen molar-refractivity contribution in [2.45, 2.75) is 30.7 Å². The maximum atomic E-state index is 13.5. The number of anilines is 2. The molecule has 2 N–H and O–H groups in total. The van der Waals surface area contributed by atoms with Gasteiger partial charge >= 0.3 is 0 Å². The Kier molecular flexibility index (Phi) is 6.31. The Balaban J connectivity index is 1.67. The Morgan fingerprint density at radius 1 is 1.00 bits per heavy atom. The first kappa shape index (κ1) is 22.7. The topological polar surface area (TPSA) is 95.6 Å². The molecule has 0 spiro atoms. The molecule has 3 aromatic rings. The highest BCUT2D eigenvalue weighted by Gasteiger charge is 2.30. The summed E-state index contributed by atoms with van der Waals surface area (Å²) < 4.78 is 29.2. The molecule has 1 heterocycles. The van der Waals surface area contributed by atoms with Gasteiger partial charge < -0.3 is 10.2 Å². The largest absolute Gasteiger partial charge is 0.326 e. The fourth-order valence-electron chi connectivity index (χ4n) is 3.81. The Bertz CT molecular complexity index is 1310. The van der Waals surface area contributed by atoms with Crippen molar-refractivity contribution < 1.29 is 18.0 Å². The molecule has 2 amide bonds. The number of aryl methyl sites for hydroxylation is 2. The number of amides is 2. The first-order chi connectivity index (χ1) is 15.7. The highest BCUT2D eigenvalue weighted by atomic mass is 32.2. The SMILES string of the molecule is Cc1cccc(N(C)C(=O)[C@@H](NS(=O)(=O)c2ccc3c(c2)CCC(=O)N3)c2ccccc2)c1. The van der Waals surface area contributed by atoms with E-state index in [0.29, 0.717) is 29.8 Å². The average Bonchev–Trinajstić information content (AvgIpc) is 2.82. The number of likely N-dealkylation sites (N-methyl/N-ethyl adjacent to an activating group) is 1. The molecule has 3 aromatic carbocycles. The molecule has 0 saturated carbocycles. The van der Waals surface area contributed by atoms with E-state index < -0.39 is 22.0 Å². The minimum Gasteiger partial charge on any atom is -0.326 e. The van der Waals surface area contributed by atoms with E-state index in [4.69, 9.17) is 0 Å². The highest BCUT2D eigenvalue weighted by Crippen LogP contribution is 2.27. The van der Waals surface area contributed by atoms with Crippen LogP contribution in [0.5, 0.6) is 0 Å². The molecular formula is C25H25N3O4S. The van der Waals surface area contributed by atoms with Gasteiger partial charge in [-0.05, 0) is 60.4 Å². The molecule has 8 heteroatoms. The number of sulfonamides is 1. The van der Waals surface area contributed by atoms with Crippen molar-refractivity contribution >= 4 is 33.2 Å². The maximum Gasteiger partial charge on any atom is 0.249 e. The van der Waals surface area contributed by atoms with Crippen molar-refractivity contribution in [3.05, 3.63) is 89.5 Å². The summed E-state index contributed by atoms with van der Waals surface area (Å²) >= 11 is 0. The second kappa shape index (κ2) is 9.17. The lowest BCUT2D eigenvalue weighted by atomic mass is 10.0. The summed E-state index contributed by atoms with van der Waals surface area (Å²) in [6, 6.07) is 19.7. The maximum absolute atomic E-state index is 13.5. The van der Waals surface area contributed by atoms with Gasteiger partial charge in [0.05, 0.1) is 4.90 Å². The number of benzene rings is 3. The molecule has 0 aliphatic carbocycles. The molecule has 170 valence electrons. The number of carbonyl (C=O) groups is 2. The Labute approximate surface area is 193 Å². The summed E-state index contributed by atoms with van der Waals surface area (Å²) in [6.45, 7) is 1.93. The van der Waals surface area contributed by atoms with Gasteiger partial charge in [0.15, 0.2) is 0 Å². The number of carbonyl (C=O) groups excluding carboxylic acids is 2. The van der Waals surface area contributed by atoms with Crippen LogP contribution < -0.4 is 14.9 Å². The third-order valence-electron chi connectivity index (χ3n) is 5.65. The van der Waals surface area contributed by atoms with Crippen molar-refractivity contribution in [2.24, 2.45) is 0 Å². The van der Waals surface area contributed by atoms with Crippen LogP contribution in [-0.2, 0) is 26.0 Å². The zero-order valence-electron chi connectivity index (χ0n) is 18.4. The first-order valence-electron chi connectivity index (χ1n) is 10.6. The average molecular weight is 464 g/mol. The van der Waals surface area contributed by atoms with Crippen molar-refractivity contribution in [1.29, 1.82) is 0 Å². The van der Waals surface area contributed by atoms with Crippen LogP contribution in [0.1, 0.15) is 29.2 Å². The quantitative estimate of drug-likeness (QED) is 0.584. The second-order valence-corrected chi connectivity index (χ2v) is 9.78. The monoisotopic (exact) mass is 463 g/mol. The molecular weight excluding hydrogens is 438 g/mol. The molecule has 1 aliphatic rings. The number of fused-ring (bicyclic) bond motifs is 1. The van der Waals surface area contributed by atoms with Crippen molar-refractivity contribution in [3.8, 4) is 0 Å². The van der Waals surface area contributed by atoms with E-state index in [-0.39, 0.29) is 10.8 Å². The van der Waals surface area contributed by atoms with Gasteiger partial charge in [0.2, 0.25) is 21.8 Å². The van der Waals surface area contributed by atoms with Crippen LogP contribution in [0.25, 0.3) is 0 Å². The molecule has 4 rings (SSSR count). The number of nitrogens with one attached hydrogen (secondary N) is 2. The van der Waals surface area contributed by atoms with Gasteiger partial charge in [0.1, 0.15) is 6.04 Å². The number of rotatable bonds is 6. The van der Waals surface area contributed by atoms with E-state index in [1.165, 1.54) is 11.0 Å². The van der Waals surface area contributed by atoms with Gasteiger partial charge in [0.25, 0.3) is 0 Å². The van der Waals surface area contributed by atoms with E-state index in [1.807, 2.05) is 31.2 Å². The van der Waals surface area contributed by atoms with Crippen LogP contribution >= 0.6 is 0 Å².